The van der Waals surface area contributed by atoms with Gasteiger partial charge in [-0.1, -0.05) is 25.4 Å². The highest BCUT2D eigenvalue weighted by molar-refractivity contribution is 6.33. The van der Waals surface area contributed by atoms with E-state index in [4.69, 9.17) is 17.3 Å². The first kappa shape index (κ1) is 14.7. The van der Waals surface area contributed by atoms with Gasteiger partial charge in [0.15, 0.2) is 0 Å². The van der Waals surface area contributed by atoms with Crippen LogP contribution in [0, 0.1) is 0 Å². The van der Waals surface area contributed by atoms with Crippen molar-refractivity contribution in [1.82, 2.24) is 15.2 Å². The molecule has 0 atom stereocenters. The zero-order valence-corrected chi connectivity index (χ0v) is 11.5. The molecule has 1 amide bonds. The van der Waals surface area contributed by atoms with E-state index in [0.717, 1.165) is 19.6 Å². The van der Waals surface area contributed by atoms with Crippen LogP contribution in [0.5, 0.6) is 0 Å². The molecule has 0 radical (unpaired) electrons. The summed E-state index contributed by atoms with van der Waals surface area (Å²) in [4.78, 5) is 17.9. The van der Waals surface area contributed by atoms with Crippen LogP contribution in [0.3, 0.4) is 0 Å². The molecular formula is C12H19ClN4O. The lowest BCUT2D eigenvalue weighted by Crippen LogP contribution is -2.34. The number of nitrogen functional groups attached to an aromatic ring is 1. The van der Waals surface area contributed by atoms with Crippen LogP contribution < -0.4 is 11.1 Å². The van der Waals surface area contributed by atoms with Gasteiger partial charge in [-0.25, -0.2) is 4.98 Å². The van der Waals surface area contributed by atoms with Gasteiger partial charge in [0.1, 0.15) is 5.82 Å². The lowest BCUT2D eigenvalue weighted by atomic mass is 10.2. The van der Waals surface area contributed by atoms with Crippen molar-refractivity contribution in [3.8, 4) is 0 Å². The zero-order valence-electron chi connectivity index (χ0n) is 10.7. The Bertz CT molecular complexity index is 407. The predicted octanol–water partition coefficient (Wildman–Crippen LogP) is 1.39. The molecule has 6 heteroatoms. The van der Waals surface area contributed by atoms with Gasteiger partial charge in [0.2, 0.25) is 0 Å². The number of halogens is 1. The summed E-state index contributed by atoms with van der Waals surface area (Å²) in [5, 5.41) is 3.13. The molecule has 0 bridgehead atoms. The van der Waals surface area contributed by atoms with Crippen LogP contribution >= 0.6 is 11.6 Å². The minimum absolute atomic E-state index is 0.221. The smallest absolute Gasteiger partial charge is 0.253 e. The van der Waals surface area contributed by atoms with Crippen LogP contribution in [0.25, 0.3) is 0 Å². The van der Waals surface area contributed by atoms with E-state index in [0.29, 0.717) is 17.1 Å². The summed E-state index contributed by atoms with van der Waals surface area (Å²) < 4.78 is 0. The van der Waals surface area contributed by atoms with Crippen LogP contribution in [0.15, 0.2) is 12.3 Å². The van der Waals surface area contributed by atoms with Gasteiger partial charge in [-0.05, 0) is 19.2 Å². The number of nitrogens with zero attached hydrogens (tertiary/aromatic N) is 2. The molecule has 1 aromatic heterocycles. The molecule has 0 aromatic carbocycles. The molecular weight excluding hydrogens is 252 g/mol. The van der Waals surface area contributed by atoms with Gasteiger partial charge in [-0.2, -0.15) is 0 Å². The Morgan fingerprint density at radius 1 is 1.50 bits per heavy atom. The molecule has 0 saturated heterocycles. The van der Waals surface area contributed by atoms with Crippen molar-refractivity contribution >= 4 is 23.3 Å². The summed E-state index contributed by atoms with van der Waals surface area (Å²) in [5.41, 5.74) is 5.89. The van der Waals surface area contributed by atoms with Crippen LogP contribution in [0.2, 0.25) is 5.02 Å². The minimum Gasteiger partial charge on any atom is -0.384 e. The molecule has 0 spiro atoms. The number of hydrogen-bond donors (Lipinski definition) is 2. The summed E-state index contributed by atoms with van der Waals surface area (Å²) in [6.45, 7) is 7.51. The van der Waals surface area contributed by atoms with Crippen molar-refractivity contribution in [2.75, 3.05) is 31.9 Å². The standard InChI is InChI=1S/C12H19ClN4O/c1-3-17(4-2)6-5-15-12(18)9-7-11(14)16-8-10(9)13/h7-8H,3-6H2,1-2H3,(H2,14,16)(H,15,18). The van der Waals surface area contributed by atoms with Crippen molar-refractivity contribution < 1.29 is 4.79 Å². The molecule has 3 N–H and O–H groups in total. The van der Waals surface area contributed by atoms with E-state index in [1.54, 1.807) is 0 Å². The largest absolute Gasteiger partial charge is 0.384 e. The summed E-state index contributed by atoms with van der Waals surface area (Å²) in [7, 11) is 0. The second-order valence-electron chi connectivity index (χ2n) is 3.87. The van der Waals surface area contributed by atoms with E-state index in [2.05, 4.69) is 29.0 Å². The first-order valence-corrected chi connectivity index (χ1v) is 6.37. The molecule has 0 fully saturated rings. The second kappa shape index (κ2) is 7.18. The van der Waals surface area contributed by atoms with Crippen LogP contribution in [0.4, 0.5) is 5.82 Å². The van der Waals surface area contributed by atoms with E-state index in [-0.39, 0.29) is 11.7 Å². The van der Waals surface area contributed by atoms with Crippen molar-refractivity contribution in [2.45, 2.75) is 13.8 Å². The fraction of sp³-hybridized carbons (Fsp3) is 0.500. The maximum atomic E-state index is 11.9. The van der Waals surface area contributed by atoms with Gasteiger partial charge in [0.05, 0.1) is 10.6 Å². The highest BCUT2D eigenvalue weighted by atomic mass is 35.5. The van der Waals surface area contributed by atoms with Crippen LogP contribution in [-0.4, -0.2) is 42.0 Å². The molecule has 0 aliphatic rings. The van der Waals surface area contributed by atoms with E-state index in [9.17, 15) is 4.79 Å². The summed E-state index contributed by atoms with van der Waals surface area (Å²) >= 11 is 5.90. The SMILES string of the molecule is CCN(CC)CCNC(=O)c1cc(N)ncc1Cl. The Hall–Kier alpha value is -1.33. The van der Waals surface area contributed by atoms with Crippen LogP contribution in [-0.2, 0) is 0 Å². The Labute approximate surface area is 112 Å². The highest BCUT2D eigenvalue weighted by Crippen LogP contribution is 2.16. The number of likely N-dealkylation sites (N-methyl/N-ethyl adjacent to an activating group) is 1. The Morgan fingerprint density at radius 3 is 2.78 bits per heavy atom. The van der Waals surface area contributed by atoms with Gasteiger partial charge in [-0.15, -0.1) is 0 Å². The maximum Gasteiger partial charge on any atom is 0.253 e. The van der Waals surface area contributed by atoms with Crippen molar-refractivity contribution in [1.29, 1.82) is 0 Å². The van der Waals surface area contributed by atoms with Gasteiger partial charge in [0.25, 0.3) is 5.91 Å². The third kappa shape index (κ3) is 4.16. The lowest BCUT2D eigenvalue weighted by Gasteiger charge is -2.18. The molecule has 0 unspecified atom stereocenters. The summed E-state index contributed by atoms with van der Waals surface area (Å²) in [6, 6.07) is 1.48. The zero-order chi connectivity index (χ0) is 13.5. The highest BCUT2D eigenvalue weighted by Gasteiger charge is 2.11. The molecule has 0 aliphatic carbocycles. The molecule has 5 nitrogen and oxygen atoms in total. The van der Waals surface area contributed by atoms with Gasteiger partial charge >= 0.3 is 0 Å². The minimum atomic E-state index is -0.221. The summed E-state index contributed by atoms with van der Waals surface area (Å²) in [6.07, 6.45) is 1.39. The van der Waals surface area contributed by atoms with Gasteiger partial charge < -0.3 is 16.0 Å². The number of nitrogens with two attached hydrogens (primary N) is 1. The summed E-state index contributed by atoms with van der Waals surface area (Å²) in [5.74, 6) is 0.0644. The second-order valence-corrected chi connectivity index (χ2v) is 4.28. The average Bonchev–Trinajstić information content (AvgIpc) is 2.37. The first-order chi connectivity index (χ1) is 8.58. The maximum absolute atomic E-state index is 11.9. The van der Waals surface area contributed by atoms with Crippen molar-refractivity contribution in [2.24, 2.45) is 0 Å². The number of anilines is 1. The lowest BCUT2D eigenvalue weighted by molar-refractivity contribution is 0.0949. The van der Waals surface area contributed by atoms with Crippen LogP contribution in [0.1, 0.15) is 24.2 Å². The number of aromatic nitrogens is 1. The van der Waals surface area contributed by atoms with E-state index in [1.165, 1.54) is 12.3 Å². The number of amides is 1. The number of rotatable bonds is 6. The van der Waals surface area contributed by atoms with E-state index >= 15 is 0 Å². The number of pyridine rings is 1. The van der Waals surface area contributed by atoms with Gasteiger partial charge in [0, 0.05) is 19.3 Å². The monoisotopic (exact) mass is 270 g/mol. The quantitative estimate of drug-likeness (QED) is 0.819. The van der Waals surface area contributed by atoms with E-state index in [1.807, 2.05) is 0 Å². The Kier molecular flexibility index (Phi) is 5.88. The molecule has 0 saturated carbocycles. The molecule has 1 aromatic rings. The molecule has 0 aliphatic heterocycles. The third-order valence-corrected chi connectivity index (χ3v) is 3.03. The number of carbonyl (C=O) groups excluding carboxylic acids is 1. The molecule has 100 valence electrons. The number of nitrogens with one attached hydrogen (secondary N) is 1. The third-order valence-electron chi connectivity index (χ3n) is 2.73. The first-order valence-electron chi connectivity index (χ1n) is 6.00. The predicted molar refractivity (Wildman–Crippen MR) is 73.8 cm³/mol. The number of carbonyl (C=O) groups is 1. The Balaban J connectivity index is 2.53. The molecule has 18 heavy (non-hydrogen) atoms. The molecule has 1 rings (SSSR count). The van der Waals surface area contributed by atoms with E-state index < -0.39 is 0 Å². The topological polar surface area (TPSA) is 71.2 Å². The molecule has 1 heterocycles. The average molecular weight is 271 g/mol. The fourth-order valence-electron chi connectivity index (χ4n) is 1.59. The Morgan fingerprint density at radius 2 is 2.17 bits per heavy atom. The fourth-order valence-corrected chi connectivity index (χ4v) is 1.78. The van der Waals surface area contributed by atoms with Crippen molar-refractivity contribution in [3.63, 3.8) is 0 Å². The number of hydrogen-bond acceptors (Lipinski definition) is 4. The van der Waals surface area contributed by atoms with Crippen molar-refractivity contribution in [3.05, 3.63) is 22.8 Å². The van der Waals surface area contributed by atoms with Gasteiger partial charge in [-0.3, -0.25) is 4.79 Å². The normalized spacial score (nSPS) is 10.7.